The number of rotatable bonds is 2. The Bertz CT molecular complexity index is 1020. The maximum atomic E-state index is 12.7. The zero-order chi connectivity index (χ0) is 17.9. The van der Waals surface area contributed by atoms with Crippen molar-refractivity contribution in [1.29, 1.82) is 0 Å². The number of carbonyl (C=O) groups is 2. The summed E-state index contributed by atoms with van der Waals surface area (Å²) in [5, 5.41) is 4.02. The third-order valence-corrected chi connectivity index (χ3v) is 4.54. The summed E-state index contributed by atoms with van der Waals surface area (Å²) in [6.45, 7) is 2.00. The summed E-state index contributed by atoms with van der Waals surface area (Å²) < 4.78 is 10.7. The second-order valence-corrected chi connectivity index (χ2v) is 6.24. The molecule has 3 aromatic rings. The Morgan fingerprint density at radius 3 is 2.69 bits per heavy atom. The summed E-state index contributed by atoms with van der Waals surface area (Å²) in [5.41, 5.74) is 0.935. The standard InChI is InChI=1S/C16H14N6O3S/c23-14(11-4-2-1-3-5-11)18-16-22-10-17-12(13(22)19-20-26-16)15(24)21-6-8-25-9-7-21/h1-5,10H,6-9H2. The highest BCUT2D eigenvalue weighted by atomic mass is 32.1. The molecule has 4 rings (SSSR count). The van der Waals surface area contributed by atoms with Gasteiger partial charge in [0, 0.05) is 30.2 Å². The summed E-state index contributed by atoms with van der Waals surface area (Å²) >= 11 is 0.955. The van der Waals surface area contributed by atoms with E-state index < -0.39 is 5.91 Å². The fourth-order valence-corrected chi connectivity index (χ4v) is 3.13. The Kier molecular flexibility index (Phi) is 4.50. The molecule has 0 atom stereocenters. The fraction of sp³-hybridized carbons (Fsp3) is 0.250. The van der Waals surface area contributed by atoms with E-state index in [4.69, 9.17) is 4.74 Å². The molecule has 0 saturated carbocycles. The monoisotopic (exact) mass is 370 g/mol. The molecule has 3 heterocycles. The quantitative estimate of drug-likeness (QED) is 0.647. The second kappa shape index (κ2) is 7.10. The van der Waals surface area contributed by atoms with E-state index in [1.165, 1.54) is 10.7 Å². The SMILES string of the molecule is O=C(N=c1snnc2c(C(=O)N3CCOCC3)ncn12)c1ccccc1. The molecular weight excluding hydrogens is 356 g/mol. The second-order valence-electron chi connectivity index (χ2n) is 5.53. The van der Waals surface area contributed by atoms with Crippen LogP contribution in [0.4, 0.5) is 0 Å². The molecule has 1 aliphatic heterocycles. The van der Waals surface area contributed by atoms with Gasteiger partial charge in [0.25, 0.3) is 11.8 Å². The molecule has 26 heavy (non-hydrogen) atoms. The average molecular weight is 370 g/mol. The first-order chi connectivity index (χ1) is 12.7. The van der Waals surface area contributed by atoms with Crippen LogP contribution in [0, 0.1) is 0 Å². The van der Waals surface area contributed by atoms with Crippen LogP contribution in [0.25, 0.3) is 5.65 Å². The zero-order valence-corrected chi connectivity index (χ0v) is 14.4. The van der Waals surface area contributed by atoms with Crippen LogP contribution in [0.15, 0.2) is 41.7 Å². The first-order valence-corrected chi connectivity index (χ1v) is 8.72. The summed E-state index contributed by atoms with van der Waals surface area (Å²) in [4.78, 5) is 35.2. The van der Waals surface area contributed by atoms with Gasteiger partial charge in [-0.3, -0.25) is 14.0 Å². The van der Waals surface area contributed by atoms with Crippen LogP contribution in [0.1, 0.15) is 20.8 Å². The van der Waals surface area contributed by atoms with Crippen molar-refractivity contribution in [2.45, 2.75) is 0 Å². The molecule has 132 valence electrons. The summed E-state index contributed by atoms with van der Waals surface area (Å²) in [6.07, 6.45) is 1.44. The van der Waals surface area contributed by atoms with Crippen molar-refractivity contribution in [1.82, 2.24) is 23.9 Å². The van der Waals surface area contributed by atoms with Gasteiger partial charge in [-0.25, -0.2) is 4.98 Å². The van der Waals surface area contributed by atoms with Crippen molar-refractivity contribution in [3.63, 3.8) is 0 Å². The van der Waals surface area contributed by atoms with Gasteiger partial charge in [-0.1, -0.05) is 22.7 Å². The van der Waals surface area contributed by atoms with Crippen LogP contribution >= 0.6 is 11.5 Å². The van der Waals surface area contributed by atoms with Gasteiger partial charge in [0.1, 0.15) is 6.33 Å². The van der Waals surface area contributed by atoms with Gasteiger partial charge in [0.15, 0.2) is 11.3 Å². The van der Waals surface area contributed by atoms with E-state index in [1.54, 1.807) is 29.2 Å². The number of hydrogen-bond acceptors (Lipinski definition) is 7. The highest BCUT2D eigenvalue weighted by Gasteiger charge is 2.24. The summed E-state index contributed by atoms with van der Waals surface area (Å²) in [7, 11) is 0. The van der Waals surface area contributed by atoms with Crippen molar-refractivity contribution in [3.8, 4) is 0 Å². The summed E-state index contributed by atoms with van der Waals surface area (Å²) in [5.74, 6) is -0.632. The van der Waals surface area contributed by atoms with Gasteiger partial charge in [-0.15, -0.1) is 5.10 Å². The highest BCUT2D eigenvalue weighted by molar-refractivity contribution is 7.02. The molecular formula is C16H14N6O3S. The van der Waals surface area contributed by atoms with Crippen molar-refractivity contribution in [2.75, 3.05) is 26.3 Å². The van der Waals surface area contributed by atoms with Crippen LogP contribution in [0.3, 0.4) is 0 Å². The predicted octanol–water partition coefficient (Wildman–Crippen LogP) is 0.399. The smallest absolute Gasteiger partial charge is 0.279 e. The zero-order valence-electron chi connectivity index (χ0n) is 13.6. The van der Waals surface area contributed by atoms with Gasteiger partial charge in [0.05, 0.1) is 13.2 Å². The minimum Gasteiger partial charge on any atom is -0.378 e. The number of imidazole rings is 1. The topological polar surface area (TPSA) is 102 Å². The molecule has 0 unspecified atom stereocenters. The number of benzene rings is 1. The van der Waals surface area contributed by atoms with E-state index >= 15 is 0 Å². The lowest BCUT2D eigenvalue weighted by Crippen LogP contribution is -2.41. The average Bonchev–Trinajstić information content (AvgIpc) is 3.14. The van der Waals surface area contributed by atoms with Gasteiger partial charge < -0.3 is 9.64 Å². The van der Waals surface area contributed by atoms with Crippen LogP contribution < -0.4 is 4.80 Å². The highest BCUT2D eigenvalue weighted by Crippen LogP contribution is 2.10. The van der Waals surface area contributed by atoms with Crippen LogP contribution in [-0.4, -0.2) is 62.0 Å². The molecule has 0 radical (unpaired) electrons. The summed E-state index contributed by atoms with van der Waals surface area (Å²) in [6, 6.07) is 8.73. The fourth-order valence-electron chi connectivity index (χ4n) is 2.59. The van der Waals surface area contributed by atoms with Crippen LogP contribution in [0.5, 0.6) is 0 Å². The Hall–Kier alpha value is -2.98. The third kappa shape index (κ3) is 3.11. The Labute approximate surface area is 151 Å². The third-order valence-electron chi connectivity index (χ3n) is 3.93. The number of fused-ring (bicyclic) bond motifs is 1. The van der Waals surface area contributed by atoms with E-state index in [2.05, 4.69) is 19.6 Å². The number of aromatic nitrogens is 4. The molecule has 1 aromatic carbocycles. The number of hydrogen-bond donors (Lipinski definition) is 0. The van der Waals surface area contributed by atoms with Gasteiger partial charge in [-0.05, 0) is 12.1 Å². The van der Waals surface area contributed by atoms with Crippen molar-refractivity contribution < 1.29 is 14.3 Å². The Morgan fingerprint density at radius 1 is 1.15 bits per heavy atom. The Morgan fingerprint density at radius 2 is 1.92 bits per heavy atom. The molecule has 1 aliphatic rings. The lowest BCUT2D eigenvalue weighted by Gasteiger charge is -2.25. The molecule has 0 spiro atoms. The molecule has 1 fully saturated rings. The molecule has 1 saturated heterocycles. The number of ether oxygens (including phenoxy) is 1. The van der Waals surface area contributed by atoms with E-state index in [9.17, 15) is 9.59 Å². The van der Waals surface area contributed by atoms with Gasteiger partial charge >= 0.3 is 0 Å². The first kappa shape index (κ1) is 16.5. The van der Waals surface area contributed by atoms with Crippen LogP contribution in [0.2, 0.25) is 0 Å². The molecule has 0 N–H and O–H groups in total. The van der Waals surface area contributed by atoms with Gasteiger partial charge in [0.2, 0.25) is 4.80 Å². The lowest BCUT2D eigenvalue weighted by molar-refractivity contribution is 0.0300. The minimum absolute atomic E-state index is 0.191. The Balaban J connectivity index is 1.72. The number of morpholine rings is 1. The van der Waals surface area contributed by atoms with Crippen molar-refractivity contribution in [2.24, 2.45) is 4.99 Å². The first-order valence-electron chi connectivity index (χ1n) is 7.95. The number of nitrogens with zero attached hydrogens (tertiary/aromatic N) is 6. The van der Waals surface area contributed by atoms with E-state index in [-0.39, 0.29) is 17.2 Å². The van der Waals surface area contributed by atoms with Crippen molar-refractivity contribution >= 4 is 29.0 Å². The molecule has 2 aromatic heterocycles. The minimum atomic E-state index is -0.397. The molecule has 9 nitrogen and oxygen atoms in total. The molecule has 0 bridgehead atoms. The largest absolute Gasteiger partial charge is 0.378 e. The normalized spacial score (nSPS) is 15.4. The van der Waals surface area contributed by atoms with E-state index in [1.807, 2.05) is 6.07 Å². The number of carbonyl (C=O) groups excluding carboxylic acids is 2. The maximum absolute atomic E-state index is 12.7. The van der Waals surface area contributed by atoms with Crippen molar-refractivity contribution in [3.05, 3.63) is 52.7 Å². The van der Waals surface area contributed by atoms with Gasteiger partial charge in [-0.2, -0.15) is 4.99 Å². The van der Waals surface area contributed by atoms with Crippen LogP contribution in [-0.2, 0) is 4.74 Å². The molecule has 2 amide bonds. The molecule has 0 aliphatic carbocycles. The molecule has 10 heteroatoms. The number of amides is 2. The lowest BCUT2D eigenvalue weighted by atomic mass is 10.2. The van der Waals surface area contributed by atoms with E-state index in [0.717, 1.165) is 11.5 Å². The predicted molar refractivity (Wildman–Crippen MR) is 91.7 cm³/mol. The maximum Gasteiger partial charge on any atom is 0.279 e. The van der Waals surface area contributed by atoms with E-state index in [0.29, 0.717) is 36.7 Å².